The van der Waals surface area contributed by atoms with Crippen molar-refractivity contribution in [2.45, 2.75) is 0 Å². The van der Waals surface area contributed by atoms with E-state index in [-0.39, 0.29) is 22.3 Å². The molecule has 2 N–H and O–H groups in total. The molecule has 4 rings (SSSR count). The van der Waals surface area contributed by atoms with E-state index in [9.17, 15) is 20.0 Å². The predicted molar refractivity (Wildman–Crippen MR) is 105 cm³/mol. The van der Waals surface area contributed by atoms with Gasteiger partial charge in [0, 0.05) is 11.8 Å². The molecule has 0 unspecified atom stereocenters. The number of hydrogen-bond donors (Lipinski definition) is 2. The molecule has 0 radical (unpaired) electrons. The zero-order chi connectivity index (χ0) is 21.3. The van der Waals surface area contributed by atoms with Crippen LogP contribution in [-0.4, -0.2) is 26.3 Å². The normalized spacial score (nSPS) is 10.5. The minimum atomic E-state index is -1.10. The number of carboxylic acids is 1. The summed E-state index contributed by atoms with van der Waals surface area (Å²) in [6.45, 7) is 0. The SMILES string of the molecule is N#Cc1ccc(-c2cc(Nc3ccc([N+](=O)[O-])c4nonc34)ccc2C(=O)O)cc1. The molecule has 1 heterocycles. The number of non-ortho nitro benzene ring substituents is 1. The Bertz CT molecular complexity index is 1340. The number of rotatable bonds is 5. The van der Waals surface area contributed by atoms with Crippen molar-refractivity contribution in [1.29, 1.82) is 5.26 Å². The highest BCUT2D eigenvalue weighted by atomic mass is 16.6. The van der Waals surface area contributed by atoms with E-state index in [4.69, 9.17) is 5.26 Å². The fourth-order valence-electron chi connectivity index (χ4n) is 3.03. The molecule has 0 aliphatic rings. The van der Waals surface area contributed by atoms with Crippen LogP contribution >= 0.6 is 0 Å². The number of carboxylic acid groups (broad SMARTS) is 1. The van der Waals surface area contributed by atoms with Crippen molar-refractivity contribution in [3.63, 3.8) is 0 Å². The minimum Gasteiger partial charge on any atom is -0.478 e. The van der Waals surface area contributed by atoms with E-state index in [0.29, 0.717) is 28.1 Å². The van der Waals surface area contributed by atoms with E-state index >= 15 is 0 Å². The lowest BCUT2D eigenvalue weighted by atomic mass is 9.98. The Kier molecular flexibility index (Phi) is 4.54. The van der Waals surface area contributed by atoms with Crippen LogP contribution < -0.4 is 5.32 Å². The number of hydrogen-bond acceptors (Lipinski definition) is 8. The predicted octanol–water partition coefficient (Wildman–Crippen LogP) is 4.11. The molecule has 0 saturated heterocycles. The highest BCUT2D eigenvalue weighted by Crippen LogP contribution is 2.33. The third kappa shape index (κ3) is 3.27. The molecule has 146 valence electrons. The van der Waals surface area contributed by atoms with Gasteiger partial charge in [-0.25, -0.2) is 9.42 Å². The van der Waals surface area contributed by atoms with Crippen molar-refractivity contribution in [3.05, 3.63) is 75.8 Å². The summed E-state index contributed by atoms with van der Waals surface area (Å²) in [5.41, 5.74) is 2.46. The van der Waals surface area contributed by atoms with Crippen LogP contribution in [0.4, 0.5) is 17.1 Å². The summed E-state index contributed by atoms with van der Waals surface area (Å²) < 4.78 is 4.65. The Labute approximate surface area is 168 Å². The molecular weight excluding hydrogens is 390 g/mol. The number of aromatic nitrogens is 2. The maximum Gasteiger partial charge on any atom is 0.336 e. The largest absolute Gasteiger partial charge is 0.478 e. The monoisotopic (exact) mass is 401 g/mol. The number of fused-ring (bicyclic) bond motifs is 1. The number of benzene rings is 3. The highest BCUT2D eigenvalue weighted by Gasteiger charge is 2.20. The van der Waals surface area contributed by atoms with E-state index in [1.54, 1.807) is 36.4 Å². The molecule has 4 aromatic rings. The van der Waals surface area contributed by atoms with Crippen molar-refractivity contribution in [1.82, 2.24) is 10.3 Å². The Hall–Kier alpha value is -4.78. The van der Waals surface area contributed by atoms with Crippen molar-refractivity contribution in [2.75, 3.05) is 5.32 Å². The average Bonchev–Trinajstić information content (AvgIpc) is 3.24. The quantitative estimate of drug-likeness (QED) is 0.371. The number of nitrogens with one attached hydrogen (secondary N) is 1. The van der Waals surface area contributed by atoms with Crippen molar-refractivity contribution in [2.24, 2.45) is 0 Å². The number of nitrogens with zero attached hydrogens (tertiary/aromatic N) is 4. The summed E-state index contributed by atoms with van der Waals surface area (Å²) in [5.74, 6) is -1.10. The Morgan fingerprint density at radius 3 is 2.50 bits per heavy atom. The van der Waals surface area contributed by atoms with Crippen LogP contribution in [0.1, 0.15) is 15.9 Å². The van der Waals surface area contributed by atoms with Crippen molar-refractivity contribution in [3.8, 4) is 17.2 Å². The summed E-state index contributed by atoms with van der Waals surface area (Å²) in [7, 11) is 0. The van der Waals surface area contributed by atoms with Gasteiger partial charge in [-0.05, 0) is 57.8 Å². The number of nitriles is 1. The van der Waals surface area contributed by atoms with Gasteiger partial charge in [-0.1, -0.05) is 12.1 Å². The Balaban J connectivity index is 1.78. The third-order valence-corrected chi connectivity index (χ3v) is 4.44. The molecule has 0 spiro atoms. The fourth-order valence-corrected chi connectivity index (χ4v) is 3.03. The third-order valence-electron chi connectivity index (χ3n) is 4.44. The second-order valence-corrected chi connectivity index (χ2v) is 6.23. The second-order valence-electron chi connectivity index (χ2n) is 6.23. The minimum absolute atomic E-state index is 0.000489. The van der Waals surface area contributed by atoms with Gasteiger partial charge in [0.25, 0.3) is 0 Å². The molecule has 10 nitrogen and oxygen atoms in total. The Morgan fingerprint density at radius 2 is 1.83 bits per heavy atom. The molecule has 3 aromatic carbocycles. The van der Waals surface area contributed by atoms with Gasteiger partial charge >= 0.3 is 11.7 Å². The number of carbonyl (C=O) groups is 1. The van der Waals surface area contributed by atoms with E-state index in [1.165, 1.54) is 18.2 Å². The summed E-state index contributed by atoms with van der Waals surface area (Å²) in [4.78, 5) is 22.2. The number of aromatic carboxylic acids is 1. The molecular formula is C20H11N5O5. The van der Waals surface area contributed by atoms with E-state index in [0.717, 1.165) is 0 Å². The smallest absolute Gasteiger partial charge is 0.336 e. The van der Waals surface area contributed by atoms with Gasteiger partial charge < -0.3 is 10.4 Å². The highest BCUT2D eigenvalue weighted by molar-refractivity contribution is 5.98. The maximum atomic E-state index is 11.7. The van der Waals surface area contributed by atoms with Gasteiger partial charge in [-0.3, -0.25) is 10.1 Å². The topological polar surface area (TPSA) is 155 Å². The van der Waals surface area contributed by atoms with Gasteiger partial charge in [-0.15, -0.1) is 0 Å². The molecule has 0 atom stereocenters. The zero-order valence-corrected chi connectivity index (χ0v) is 15.1. The van der Waals surface area contributed by atoms with Gasteiger partial charge in [0.15, 0.2) is 5.52 Å². The number of nitro benzene ring substituents is 1. The molecule has 0 saturated carbocycles. The molecule has 0 aliphatic heterocycles. The second kappa shape index (κ2) is 7.33. The lowest BCUT2D eigenvalue weighted by Crippen LogP contribution is -2.01. The van der Waals surface area contributed by atoms with Crippen LogP contribution in [0.3, 0.4) is 0 Å². The first kappa shape index (κ1) is 18.6. The van der Waals surface area contributed by atoms with Crippen LogP contribution in [0, 0.1) is 21.4 Å². The molecule has 0 bridgehead atoms. The van der Waals surface area contributed by atoms with E-state index in [2.05, 4.69) is 20.3 Å². The van der Waals surface area contributed by atoms with Crippen molar-refractivity contribution < 1.29 is 19.5 Å². The van der Waals surface area contributed by atoms with Crippen LogP contribution in [0.5, 0.6) is 0 Å². The molecule has 0 amide bonds. The van der Waals surface area contributed by atoms with Crippen LogP contribution in [0.25, 0.3) is 22.2 Å². The standard InChI is InChI=1S/C20H11N5O5/c21-10-11-1-3-12(4-2-11)15-9-13(5-6-14(15)20(26)27)22-16-7-8-17(25(28)29)19-18(16)23-30-24-19/h1-9,22H,(H,26,27). The Morgan fingerprint density at radius 1 is 1.10 bits per heavy atom. The van der Waals surface area contributed by atoms with Gasteiger partial charge in [0.05, 0.1) is 27.8 Å². The number of anilines is 2. The van der Waals surface area contributed by atoms with Gasteiger partial charge in [0.2, 0.25) is 5.52 Å². The average molecular weight is 401 g/mol. The van der Waals surface area contributed by atoms with E-state index < -0.39 is 10.9 Å². The van der Waals surface area contributed by atoms with Crippen LogP contribution in [-0.2, 0) is 0 Å². The van der Waals surface area contributed by atoms with Gasteiger partial charge in [0.1, 0.15) is 0 Å². The summed E-state index contributed by atoms with van der Waals surface area (Å²) >= 11 is 0. The maximum absolute atomic E-state index is 11.7. The molecule has 0 aliphatic carbocycles. The number of nitro groups is 1. The first-order chi connectivity index (χ1) is 14.5. The lowest BCUT2D eigenvalue weighted by Gasteiger charge is -2.12. The van der Waals surface area contributed by atoms with Crippen molar-refractivity contribution >= 4 is 34.1 Å². The summed E-state index contributed by atoms with van der Waals surface area (Å²) in [6, 6.07) is 15.9. The first-order valence-electron chi connectivity index (χ1n) is 8.52. The van der Waals surface area contributed by atoms with E-state index in [1.807, 2.05) is 6.07 Å². The van der Waals surface area contributed by atoms with Crippen LogP contribution in [0.2, 0.25) is 0 Å². The summed E-state index contributed by atoms with van der Waals surface area (Å²) in [5, 5.41) is 40.0. The summed E-state index contributed by atoms with van der Waals surface area (Å²) in [6.07, 6.45) is 0. The zero-order valence-electron chi connectivity index (χ0n) is 15.1. The van der Waals surface area contributed by atoms with Gasteiger partial charge in [-0.2, -0.15) is 5.26 Å². The molecule has 1 aromatic heterocycles. The fraction of sp³-hybridized carbons (Fsp3) is 0. The lowest BCUT2D eigenvalue weighted by molar-refractivity contribution is -0.383. The molecule has 30 heavy (non-hydrogen) atoms. The first-order valence-corrected chi connectivity index (χ1v) is 8.52. The molecule has 0 fully saturated rings. The van der Waals surface area contributed by atoms with Crippen LogP contribution in [0.15, 0.2) is 59.2 Å². The molecule has 10 heteroatoms.